The van der Waals surface area contributed by atoms with Gasteiger partial charge in [0.2, 0.25) is 5.95 Å². The minimum Gasteiger partial charge on any atom is -0.363 e. The molecule has 0 unspecified atom stereocenters. The smallest absolute Gasteiger partial charge is 0.224 e. The van der Waals surface area contributed by atoms with Crippen LogP contribution < -0.4 is 10.6 Å². The summed E-state index contributed by atoms with van der Waals surface area (Å²) >= 11 is 3.42. The van der Waals surface area contributed by atoms with Gasteiger partial charge >= 0.3 is 0 Å². The molecular formula is C12H15BrN6. The second kappa shape index (κ2) is 6.42. The second-order valence-electron chi connectivity index (χ2n) is 3.92. The molecular weight excluding hydrogens is 308 g/mol. The molecule has 2 N–H and O–H groups in total. The van der Waals surface area contributed by atoms with Gasteiger partial charge in [-0.15, -0.1) is 0 Å². The molecule has 19 heavy (non-hydrogen) atoms. The predicted octanol–water partition coefficient (Wildman–Crippen LogP) is 2.38. The largest absolute Gasteiger partial charge is 0.363 e. The van der Waals surface area contributed by atoms with Gasteiger partial charge in [-0.2, -0.15) is 4.98 Å². The fourth-order valence-corrected chi connectivity index (χ4v) is 1.75. The van der Waals surface area contributed by atoms with Crippen LogP contribution in [0.15, 0.2) is 23.1 Å². The Morgan fingerprint density at radius 1 is 1.11 bits per heavy atom. The Hall–Kier alpha value is -1.76. The van der Waals surface area contributed by atoms with Gasteiger partial charge in [0.1, 0.15) is 5.82 Å². The normalized spacial score (nSPS) is 10.3. The number of nitrogens with zero attached hydrogens (tertiary/aromatic N) is 4. The molecule has 0 aromatic carbocycles. The van der Waals surface area contributed by atoms with Crippen LogP contribution in [0, 0.1) is 6.92 Å². The third kappa shape index (κ3) is 3.85. The molecule has 0 aliphatic heterocycles. The first kappa shape index (κ1) is 13.7. The van der Waals surface area contributed by atoms with Crippen LogP contribution in [0.4, 0.5) is 11.8 Å². The molecule has 2 rings (SSSR count). The molecule has 2 heterocycles. The SMILES string of the molecule is CCNc1ncc(Br)c(NCc2cnc(C)cn2)n1. The van der Waals surface area contributed by atoms with Gasteiger partial charge in [0, 0.05) is 18.9 Å². The van der Waals surface area contributed by atoms with Gasteiger partial charge in [-0.05, 0) is 29.8 Å². The highest BCUT2D eigenvalue weighted by molar-refractivity contribution is 9.10. The molecule has 0 saturated heterocycles. The highest BCUT2D eigenvalue weighted by Gasteiger charge is 2.05. The van der Waals surface area contributed by atoms with Crippen molar-refractivity contribution in [3.05, 3.63) is 34.5 Å². The molecule has 100 valence electrons. The van der Waals surface area contributed by atoms with E-state index in [-0.39, 0.29) is 0 Å². The van der Waals surface area contributed by atoms with Crippen LogP contribution >= 0.6 is 15.9 Å². The minimum atomic E-state index is 0.564. The summed E-state index contributed by atoms with van der Waals surface area (Å²) in [7, 11) is 0. The Kier molecular flexibility index (Phi) is 4.62. The number of aromatic nitrogens is 4. The molecule has 0 aliphatic carbocycles. The van der Waals surface area contributed by atoms with Gasteiger partial charge in [0.15, 0.2) is 0 Å². The fraction of sp³-hybridized carbons (Fsp3) is 0.333. The van der Waals surface area contributed by atoms with Crippen molar-refractivity contribution >= 4 is 27.7 Å². The molecule has 0 radical (unpaired) electrons. The van der Waals surface area contributed by atoms with Crippen molar-refractivity contribution in [3.63, 3.8) is 0 Å². The number of hydrogen-bond acceptors (Lipinski definition) is 6. The zero-order valence-electron chi connectivity index (χ0n) is 10.8. The zero-order valence-corrected chi connectivity index (χ0v) is 12.4. The number of rotatable bonds is 5. The molecule has 0 spiro atoms. The van der Waals surface area contributed by atoms with Crippen molar-refractivity contribution in [1.82, 2.24) is 19.9 Å². The number of nitrogens with one attached hydrogen (secondary N) is 2. The monoisotopic (exact) mass is 322 g/mol. The quantitative estimate of drug-likeness (QED) is 0.880. The molecule has 2 aromatic heterocycles. The molecule has 0 amide bonds. The van der Waals surface area contributed by atoms with E-state index in [9.17, 15) is 0 Å². The molecule has 0 saturated carbocycles. The average molecular weight is 323 g/mol. The van der Waals surface area contributed by atoms with Crippen LogP contribution in [0.5, 0.6) is 0 Å². The van der Waals surface area contributed by atoms with Crippen molar-refractivity contribution in [2.75, 3.05) is 17.2 Å². The third-order valence-corrected chi connectivity index (χ3v) is 2.93. The van der Waals surface area contributed by atoms with Gasteiger partial charge in [0.25, 0.3) is 0 Å². The maximum atomic E-state index is 4.37. The van der Waals surface area contributed by atoms with E-state index in [4.69, 9.17) is 0 Å². The summed E-state index contributed by atoms with van der Waals surface area (Å²) in [5.41, 5.74) is 1.77. The van der Waals surface area contributed by atoms with E-state index in [1.807, 2.05) is 13.8 Å². The van der Waals surface area contributed by atoms with Crippen molar-refractivity contribution in [2.24, 2.45) is 0 Å². The van der Waals surface area contributed by atoms with E-state index < -0.39 is 0 Å². The van der Waals surface area contributed by atoms with Gasteiger partial charge < -0.3 is 10.6 Å². The van der Waals surface area contributed by atoms with Crippen molar-refractivity contribution in [3.8, 4) is 0 Å². The molecule has 0 bridgehead atoms. The van der Waals surface area contributed by atoms with Crippen LogP contribution in [0.25, 0.3) is 0 Å². The van der Waals surface area contributed by atoms with Crippen LogP contribution in [0.3, 0.4) is 0 Å². The second-order valence-corrected chi connectivity index (χ2v) is 4.78. The maximum Gasteiger partial charge on any atom is 0.224 e. The highest BCUT2D eigenvalue weighted by atomic mass is 79.9. The summed E-state index contributed by atoms with van der Waals surface area (Å²) in [4.78, 5) is 17.0. The Bertz CT molecular complexity index is 542. The van der Waals surface area contributed by atoms with Crippen LogP contribution in [0.2, 0.25) is 0 Å². The van der Waals surface area contributed by atoms with Crippen molar-refractivity contribution in [1.29, 1.82) is 0 Å². The topological polar surface area (TPSA) is 75.6 Å². The molecule has 0 fully saturated rings. The maximum absolute atomic E-state index is 4.37. The van der Waals surface area contributed by atoms with E-state index >= 15 is 0 Å². The van der Waals surface area contributed by atoms with E-state index in [0.29, 0.717) is 12.5 Å². The van der Waals surface area contributed by atoms with Gasteiger partial charge in [-0.1, -0.05) is 0 Å². The Balaban J connectivity index is 2.05. The summed E-state index contributed by atoms with van der Waals surface area (Å²) in [6.45, 7) is 5.26. The van der Waals surface area contributed by atoms with Gasteiger partial charge in [-0.3, -0.25) is 9.97 Å². The van der Waals surface area contributed by atoms with Crippen LogP contribution in [0.1, 0.15) is 18.3 Å². The van der Waals surface area contributed by atoms with E-state index in [1.165, 1.54) is 0 Å². The molecule has 7 heteroatoms. The molecule has 0 atom stereocenters. The van der Waals surface area contributed by atoms with Crippen LogP contribution in [-0.4, -0.2) is 26.5 Å². The summed E-state index contributed by atoms with van der Waals surface area (Å²) < 4.78 is 0.814. The number of anilines is 2. The van der Waals surface area contributed by atoms with E-state index in [0.717, 1.165) is 28.2 Å². The Labute approximate surface area is 120 Å². The summed E-state index contributed by atoms with van der Waals surface area (Å²) in [5, 5.41) is 6.28. The molecule has 6 nitrogen and oxygen atoms in total. The van der Waals surface area contributed by atoms with Crippen LogP contribution in [-0.2, 0) is 6.54 Å². The van der Waals surface area contributed by atoms with Gasteiger partial charge in [0.05, 0.1) is 28.6 Å². The number of halogens is 1. The minimum absolute atomic E-state index is 0.564. The van der Waals surface area contributed by atoms with Crippen molar-refractivity contribution in [2.45, 2.75) is 20.4 Å². The highest BCUT2D eigenvalue weighted by Crippen LogP contribution is 2.20. The molecule has 0 aliphatic rings. The Morgan fingerprint density at radius 3 is 2.63 bits per heavy atom. The average Bonchev–Trinajstić information content (AvgIpc) is 2.41. The standard InChI is InChI=1S/C12H15BrN6/c1-3-14-12-18-7-10(13)11(19-12)17-6-9-5-15-8(2)4-16-9/h4-5,7H,3,6H2,1-2H3,(H2,14,17,18,19). The number of hydrogen-bond donors (Lipinski definition) is 2. The summed E-state index contributed by atoms with van der Waals surface area (Å²) in [6.07, 6.45) is 5.22. The summed E-state index contributed by atoms with van der Waals surface area (Å²) in [5.74, 6) is 1.33. The first-order valence-corrected chi connectivity index (χ1v) is 6.76. The lowest BCUT2D eigenvalue weighted by Crippen LogP contribution is -2.08. The third-order valence-electron chi connectivity index (χ3n) is 2.35. The van der Waals surface area contributed by atoms with E-state index in [2.05, 4.69) is 46.5 Å². The molecule has 2 aromatic rings. The fourth-order valence-electron chi connectivity index (χ4n) is 1.42. The van der Waals surface area contributed by atoms with Crippen molar-refractivity contribution < 1.29 is 0 Å². The first-order valence-electron chi connectivity index (χ1n) is 5.97. The zero-order chi connectivity index (χ0) is 13.7. The lowest BCUT2D eigenvalue weighted by molar-refractivity contribution is 0.968. The lowest BCUT2D eigenvalue weighted by atomic mass is 10.4. The summed E-state index contributed by atoms with van der Waals surface area (Å²) in [6, 6.07) is 0. The Morgan fingerprint density at radius 2 is 1.95 bits per heavy atom. The number of aryl methyl sites for hydroxylation is 1. The van der Waals surface area contributed by atoms with Gasteiger partial charge in [-0.25, -0.2) is 4.98 Å². The van der Waals surface area contributed by atoms with E-state index in [1.54, 1.807) is 18.6 Å². The lowest BCUT2D eigenvalue weighted by Gasteiger charge is -2.09. The first-order chi connectivity index (χ1) is 9.19. The predicted molar refractivity (Wildman–Crippen MR) is 78.0 cm³/mol.